The Kier molecular flexibility index (Phi) is 8.24. The molecule has 1 unspecified atom stereocenters. The minimum Gasteiger partial charge on any atom is -0.358 e. The van der Waals surface area contributed by atoms with E-state index in [9.17, 15) is 4.79 Å². The molecule has 1 aromatic heterocycles. The van der Waals surface area contributed by atoms with Gasteiger partial charge in [-0.2, -0.15) is 0 Å². The molecule has 1 saturated heterocycles. The number of carbonyl (C=O) groups is 1. The van der Waals surface area contributed by atoms with Crippen molar-refractivity contribution in [3.63, 3.8) is 0 Å². The van der Waals surface area contributed by atoms with Crippen molar-refractivity contribution in [1.82, 2.24) is 24.5 Å². The third kappa shape index (κ3) is 6.17. The lowest BCUT2D eigenvalue weighted by molar-refractivity contribution is -0.125. The van der Waals surface area contributed by atoms with Gasteiger partial charge in [-0.3, -0.25) is 9.69 Å². The summed E-state index contributed by atoms with van der Waals surface area (Å²) in [7, 11) is 0. The van der Waals surface area contributed by atoms with Crippen molar-refractivity contribution < 1.29 is 4.79 Å². The van der Waals surface area contributed by atoms with Crippen molar-refractivity contribution in [2.24, 2.45) is 11.8 Å². The first-order valence-corrected chi connectivity index (χ1v) is 13.1. The van der Waals surface area contributed by atoms with E-state index in [-0.39, 0.29) is 24.0 Å². The number of nitrogens with one attached hydrogen (secondary N) is 2. The molecule has 0 aliphatic carbocycles. The minimum atomic E-state index is -0.371. The Hall–Kier alpha value is -2.42. The molecule has 2 bridgehead atoms. The molecule has 2 atom stereocenters. The zero-order chi connectivity index (χ0) is 24.1. The van der Waals surface area contributed by atoms with Gasteiger partial charge in [0, 0.05) is 30.8 Å². The first kappa shape index (κ1) is 24.7. The smallest absolute Gasteiger partial charge is 0.244 e. The van der Waals surface area contributed by atoms with E-state index >= 15 is 0 Å². The van der Waals surface area contributed by atoms with Crippen LogP contribution in [-0.4, -0.2) is 62.7 Å². The lowest BCUT2D eigenvalue weighted by Gasteiger charge is -2.41. The molecule has 1 aromatic carbocycles. The quantitative estimate of drug-likeness (QED) is 0.477. The molecule has 0 spiro atoms. The largest absolute Gasteiger partial charge is 0.358 e. The van der Waals surface area contributed by atoms with Crippen LogP contribution in [0.1, 0.15) is 33.5 Å². The van der Waals surface area contributed by atoms with Crippen LogP contribution in [0.5, 0.6) is 0 Å². The number of aromatic nitrogens is 2. The standard InChI is InChI=1S/C26H36N6OS/c1-18(2)10-6-5-9-15-34-32-14-13-31-16-22-27-21-12-8-7-11-20(21)25(28-22)30-24(19(3)4)26(33)29-23(31)17-32/h5-12,18-19,23-24H,13-17H2,1-4H3,(H,29,33)(H,27,28,30)/b9-5-,10-6-/t23?,24-/m0/s1. The first-order chi connectivity index (χ1) is 16.4. The van der Waals surface area contributed by atoms with Gasteiger partial charge in [-0.25, -0.2) is 14.3 Å². The van der Waals surface area contributed by atoms with E-state index < -0.39 is 0 Å². The molecular weight excluding hydrogens is 444 g/mol. The molecule has 2 aromatic rings. The fraction of sp³-hybridized carbons (Fsp3) is 0.500. The number of nitrogens with zero attached hydrogens (tertiary/aromatic N) is 4. The molecule has 2 aliphatic rings. The minimum absolute atomic E-state index is 0.0155. The van der Waals surface area contributed by atoms with E-state index in [2.05, 4.69) is 71.8 Å². The number of benzene rings is 1. The second-order valence-corrected chi connectivity index (χ2v) is 10.7. The van der Waals surface area contributed by atoms with E-state index in [4.69, 9.17) is 9.97 Å². The summed E-state index contributed by atoms with van der Waals surface area (Å²) in [6, 6.07) is 7.62. The van der Waals surface area contributed by atoms with Gasteiger partial charge in [0.15, 0.2) is 0 Å². The number of rotatable bonds is 6. The van der Waals surface area contributed by atoms with Crippen molar-refractivity contribution >= 4 is 34.6 Å². The van der Waals surface area contributed by atoms with Gasteiger partial charge < -0.3 is 10.6 Å². The van der Waals surface area contributed by atoms with Crippen LogP contribution in [-0.2, 0) is 11.3 Å². The van der Waals surface area contributed by atoms with Crippen molar-refractivity contribution in [2.75, 3.05) is 30.7 Å². The van der Waals surface area contributed by atoms with Crippen LogP contribution in [0.25, 0.3) is 10.9 Å². The van der Waals surface area contributed by atoms with E-state index in [1.807, 2.05) is 36.2 Å². The third-order valence-corrected chi connectivity index (χ3v) is 7.13. The van der Waals surface area contributed by atoms with E-state index in [1.54, 1.807) is 0 Å². The van der Waals surface area contributed by atoms with E-state index in [0.29, 0.717) is 12.5 Å². The maximum Gasteiger partial charge on any atom is 0.244 e. The molecule has 182 valence electrons. The molecule has 34 heavy (non-hydrogen) atoms. The monoisotopic (exact) mass is 480 g/mol. The molecule has 0 radical (unpaired) electrons. The summed E-state index contributed by atoms with van der Waals surface area (Å²) in [6.07, 6.45) is 8.52. The maximum absolute atomic E-state index is 13.4. The van der Waals surface area contributed by atoms with Crippen LogP contribution in [0.3, 0.4) is 0 Å². The first-order valence-electron chi connectivity index (χ1n) is 12.2. The number of anilines is 1. The number of piperazine rings is 1. The highest BCUT2D eigenvalue weighted by Crippen LogP contribution is 2.25. The average Bonchev–Trinajstić information content (AvgIpc) is 2.80. The number of hydrogen-bond acceptors (Lipinski definition) is 7. The zero-order valence-corrected chi connectivity index (χ0v) is 21.4. The van der Waals surface area contributed by atoms with Crippen LogP contribution in [0.15, 0.2) is 48.6 Å². The molecule has 2 aliphatic heterocycles. The second-order valence-electron chi connectivity index (χ2n) is 9.61. The number of amides is 1. The summed E-state index contributed by atoms with van der Waals surface area (Å²) in [5.74, 6) is 3.13. The molecule has 7 nitrogen and oxygen atoms in total. The Labute approximate surface area is 207 Å². The van der Waals surface area contributed by atoms with Gasteiger partial charge in [0.2, 0.25) is 5.91 Å². The predicted molar refractivity (Wildman–Crippen MR) is 141 cm³/mol. The Balaban J connectivity index is 1.52. The van der Waals surface area contributed by atoms with Gasteiger partial charge in [-0.05, 0) is 24.0 Å². The molecule has 3 heterocycles. The van der Waals surface area contributed by atoms with Gasteiger partial charge >= 0.3 is 0 Å². The fourth-order valence-electron chi connectivity index (χ4n) is 4.23. The molecule has 1 fully saturated rings. The number of allylic oxidation sites excluding steroid dienone is 3. The Morgan fingerprint density at radius 2 is 1.94 bits per heavy atom. The summed E-state index contributed by atoms with van der Waals surface area (Å²) < 4.78 is 2.36. The second kappa shape index (κ2) is 11.3. The number of fused-ring (bicyclic) bond motifs is 5. The topological polar surface area (TPSA) is 73.4 Å². The van der Waals surface area contributed by atoms with Crippen LogP contribution in [0.2, 0.25) is 0 Å². The van der Waals surface area contributed by atoms with Gasteiger partial charge in [0.25, 0.3) is 0 Å². The van der Waals surface area contributed by atoms with Crippen molar-refractivity contribution in [3.05, 3.63) is 54.4 Å². The fourth-order valence-corrected chi connectivity index (χ4v) is 5.10. The Morgan fingerprint density at radius 3 is 2.74 bits per heavy atom. The maximum atomic E-state index is 13.4. The highest BCUT2D eigenvalue weighted by Gasteiger charge is 2.33. The number of carbonyl (C=O) groups excluding carboxylic acids is 1. The van der Waals surface area contributed by atoms with Gasteiger partial charge in [0.1, 0.15) is 17.7 Å². The van der Waals surface area contributed by atoms with E-state index in [0.717, 1.165) is 47.9 Å². The summed E-state index contributed by atoms with van der Waals surface area (Å²) in [4.78, 5) is 25.3. The van der Waals surface area contributed by atoms with Crippen molar-refractivity contribution in [1.29, 1.82) is 0 Å². The third-order valence-electron chi connectivity index (χ3n) is 6.09. The van der Waals surface area contributed by atoms with Crippen LogP contribution in [0.4, 0.5) is 5.82 Å². The summed E-state index contributed by atoms with van der Waals surface area (Å²) >= 11 is 1.81. The van der Waals surface area contributed by atoms with Crippen molar-refractivity contribution in [3.8, 4) is 0 Å². The van der Waals surface area contributed by atoms with Crippen LogP contribution < -0.4 is 10.6 Å². The highest BCUT2D eigenvalue weighted by molar-refractivity contribution is 7.97. The van der Waals surface area contributed by atoms with Crippen LogP contribution in [0, 0.1) is 11.8 Å². The summed E-state index contributed by atoms with van der Waals surface area (Å²) in [5, 5.41) is 7.69. The highest BCUT2D eigenvalue weighted by atomic mass is 32.2. The van der Waals surface area contributed by atoms with Crippen molar-refractivity contribution in [2.45, 2.75) is 46.4 Å². The number of hydrogen-bond donors (Lipinski definition) is 2. The Morgan fingerprint density at radius 1 is 1.12 bits per heavy atom. The normalized spacial score (nSPS) is 22.5. The van der Waals surface area contributed by atoms with Gasteiger partial charge in [-0.15, -0.1) is 0 Å². The van der Waals surface area contributed by atoms with Gasteiger partial charge in [-0.1, -0.05) is 76.1 Å². The zero-order valence-electron chi connectivity index (χ0n) is 20.6. The van der Waals surface area contributed by atoms with Crippen LogP contribution >= 0.6 is 11.9 Å². The van der Waals surface area contributed by atoms with E-state index in [1.165, 1.54) is 0 Å². The molecule has 1 amide bonds. The van der Waals surface area contributed by atoms with Gasteiger partial charge in [0.05, 0.1) is 18.2 Å². The molecule has 4 rings (SSSR count). The lowest BCUT2D eigenvalue weighted by Crippen LogP contribution is -2.61. The SMILES string of the molecule is CC(C)/C=C\C=C/CSN1CCN2Cc3nc(c4ccccc4n3)N[C@@H](C(C)C)C(=O)NC2C1. The average molecular weight is 481 g/mol. The molecular formula is C26H36N6OS. The predicted octanol–water partition coefficient (Wildman–Crippen LogP) is 4.06. The summed E-state index contributed by atoms with van der Waals surface area (Å²) in [5.41, 5.74) is 0.905. The molecule has 2 N–H and O–H groups in total. The summed E-state index contributed by atoms with van der Waals surface area (Å²) in [6.45, 7) is 11.6. The molecule has 8 heteroatoms. The molecule has 0 saturated carbocycles. The lowest BCUT2D eigenvalue weighted by atomic mass is 10.0. The Bertz CT molecular complexity index is 1050. The number of para-hydroxylation sites is 1.